The second-order valence-corrected chi connectivity index (χ2v) is 6.24. The Morgan fingerprint density at radius 1 is 0.800 bits per heavy atom. The normalized spacial score (nSPS) is 13.2. The van der Waals surface area contributed by atoms with Crippen LogP contribution in [-0.4, -0.2) is 16.2 Å². The van der Waals surface area contributed by atoms with Gasteiger partial charge in [-0.2, -0.15) is 0 Å². The molecule has 0 aliphatic rings. The summed E-state index contributed by atoms with van der Waals surface area (Å²) >= 11 is 0. The first kappa shape index (κ1) is 16.9. The minimum atomic E-state index is -1.56. The van der Waals surface area contributed by atoms with Crippen LogP contribution < -0.4 is 0 Å². The highest BCUT2D eigenvalue weighted by Gasteiger charge is 2.34. The molecule has 0 fully saturated rings. The SMILES string of the molecule is Cc1ccc(C(O)(CC(=O)O)c2ccc(-c3ccccc3)cc2)cc1. The van der Waals surface area contributed by atoms with E-state index in [4.69, 9.17) is 0 Å². The molecule has 0 aliphatic carbocycles. The molecule has 0 radical (unpaired) electrons. The van der Waals surface area contributed by atoms with E-state index in [0.717, 1.165) is 16.7 Å². The van der Waals surface area contributed by atoms with E-state index >= 15 is 0 Å². The molecule has 3 rings (SSSR count). The number of hydrogen-bond acceptors (Lipinski definition) is 2. The topological polar surface area (TPSA) is 57.5 Å². The maximum atomic E-state index is 11.4. The van der Waals surface area contributed by atoms with E-state index in [-0.39, 0.29) is 6.42 Å². The molecule has 126 valence electrons. The molecule has 3 aromatic rings. The summed E-state index contributed by atoms with van der Waals surface area (Å²) in [7, 11) is 0. The number of carboxylic acids is 1. The first-order chi connectivity index (χ1) is 12.0. The van der Waals surface area contributed by atoms with Gasteiger partial charge in [0.1, 0.15) is 5.60 Å². The molecule has 0 saturated heterocycles. The van der Waals surface area contributed by atoms with E-state index < -0.39 is 11.6 Å². The first-order valence-electron chi connectivity index (χ1n) is 8.16. The summed E-state index contributed by atoms with van der Waals surface area (Å²) in [6.07, 6.45) is -0.388. The summed E-state index contributed by atoms with van der Waals surface area (Å²) in [5, 5.41) is 20.5. The van der Waals surface area contributed by atoms with Gasteiger partial charge in [0.25, 0.3) is 0 Å². The number of aryl methyl sites for hydroxylation is 1. The highest BCUT2D eigenvalue weighted by molar-refractivity contribution is 5.70. The molecule has 3 nitrogen and oxygen atoms in total. The molecule has 0 saturated carbocycles. The molecule has 0 aliphatic heterocycles. The van der Waals surface area contributed by atoms with Crippen molar-refractivity contribution in [2.24, 2.45) is 0 Å². The molecule has 0 aromatic heterocycles. The van der Waals surface area contributed by atoms with Crippen LogP contribution in [0.1, 0.15) is 23.1 Å². The molecule has 1 atom stereocenters. The van der Waals surface area contributed by atoms with E-state index in [0.29, 0.717) is 11.1 Å². The van der Waals surface area contributed by atoms with Gasteiger partial charge in [-0.05, 0) is 29.2 Å². The number of carboxylic acid groups (broad SMARTS) is 1. The van der Waals surface area contributed by atoms with Crippen molar-refractivity contribution in [1.29, 1.82) is 0 Å². The zero-order valence-corrected chi connectivity index (χ0v) is 14.0. The van der Waals surface area contributed by atoms with Crippen LogP contribution in [0.15, 0.2) is 78.9 Å². The Kier molecular flexibility index (Phi) is 4.68. The van der Waals surface area contributed by atoms with Crippen molar-refractivity contribution in [3.05, 3.63) is 95.6 Å². The lowest BCUT2D eigenvalue weighted by molar-refractivity contribution is -0.141. The quantitative estimate of drug-likeness (QED) is 0.729. The van der Waals surface area contributed by atoms with Gasteiger partial charge in [0.05, 0.1) is 6.42 Å². The predicted molar refractivity (Wildman–Crippen MR) is 98.3 cm³/mol. The van der Waals surface area contributed by atoms with Crippen LogP contribution in [0.25, 0.3) is 11.1 Å². The molecule has 3 aromatic carbocycles. The van der Waals surface area contributed by atoms with Crippen molar-refractivity contribution < 1.29 is 15.0 Å². The largest absolute Gasteiger partial charge is 0.481 e. The summed E-state index contributed by atoms with van der Waals surface area (Å²) in [6, 6.07) is 24.6. The van der Waals surface area contributed by atoms with Crippen molar-refractivity contribution >= 4 is 5.97 Å². The van der Waals surface area contributed by atoms with E-state index in [2.05, 4.69) is 0 Å². The highest BCUT2D eigenvalue weighted by Crippen LogP contribution is 2.34. The predicted octanol–water partition coefficient (Wildman–Crippen LogP) is 4.37. The summed E-state index contributed by atoms with van der Waals surface area (Å²) in [5.41, 5.74) is 2.73. The summed E-state index contributed by atoms with van der Waals surface area (Å²) in [5.74, 6) is -1.05. The van der Waals surface area contributed by atoms with Crippen LogP contribution in [0.5, 0.6) is 0 Å². The molecular formula is C22H20O3. The Morgan fingerprint density at radius 2 is 1.28 bits per heavy atom. The molecule has 2 N–H and O–H groups in total. The van der Waals surface area contributed by atoms with Gasteiger partial charge in [-0.15, -0.1) is 0 Å². The maximum Gasteiger partial charge on any atom is 0.306 e. The van der Waals surface area contributed by atoms with Crippen molar-refractivity contribution in [2.75, 3.05) is 0 Å². The third-order valence-electron chi connectivity index (χ3n) is 4.41. The van der Waals surface area contributed by atoms with Crippen LogP contribution >= 0.6 is 0 Å². The lowest BCUT2D eigenvalue weighted by atomic mass is 9.82. The third kappa shape index (κ3) is 3.62. The fourth-order valence-electron chi connectivity index (χ4n) is 2.99. The zero-order chi connectivity index (χ0) is 17.9. The van der Waals surface area contributed by atoms with Gasteiger partial charge in [0.15, 0.2) is 0 Å². The number of aliphatic carboxylic acids is 1. The zero-order valence-electron chi connectivity index (χ0n) is 14.0. The fourth-order valence-corrected chi connectivity index (χ4v) is 2.99. The van der Waals surface area contributed by atoms with Gasteiger partial charge < -0.3 is 10.2 Å². The number of rotatable bonds is 5. The van der Waals surface area contributed by atoms with Crippen LogP contribution in [0, 0.1) is 6.92 Å². The Bertz CT molecular complexity index is 852. The van der Waals surface area contributed by atoms with Crippen LogP contribution in [0.2, 0.25) is 0 Å². The van der Waals surface area contributed by atoms with Crippen molar-refractivity contribution in [3.63, 3.8) is 0 Å². The second kappa shape index (κ2) is 6.91. The average molecular weight is 332 g/mol. The molecule has 1 unspecified atom stereocenters. The molecule has 0 heterocycles. The van der Waals surface area contributed by atoms with Crippen molar-refractivity contribution in [2.45, 2.75) is 18.9 Å². The highest BCUT2D eigenvalue weighted by atomic mass is 16.4. The number of carbonyl (C=O) groups is 1. The molecule has 0 bridgehead atoms. The van der Waals surface area contributed by atoms with Gasteiger partial charge in [0.2, 0.25) is 0 Å². The average Bonchev–Trinajstić information content (AvgIpc) is 2.62. The second-order valence-electron chi connectivity index (χ2n) is 6.24. The van der Waals surface area contributed by atoms with Crippen LogP contribution in [0.4, 0.5) is 0 Å². The summed E-state index contributed by atoms with van der Waals surface area (Å²) in [6.45, 7) is 1.95. The Balaban J connectivity index is 2.02. The van der Waals surface area contributed by atoms with E-state index in [1.807, 2.05) is 61.5 Å². The Morgan fingerprint density at radius 3 is 1.80 bits per heavy atom. The number of aliphatic hydroxyl groups is 1. The molecule has 0 spiro atoms. The van der Waals surface area contributed by atoms with E-state index in [9.17, 15) is 15.0 Å². The number of hydrogen-bond donors (Lipinski definition) is 2. The van der Waals surface area contributed by atoms with Gasteiger partial charge in [-0.25, -0.2) is 0 Å². The molecular weight excluding hydrogens is 312 g/mol. The van der Waals surface area contributed by atoms with Crippen molar-refractivity contribution in [1.82, 2.24) is 0 Å². The third-order valence-corrected chi connectivity index (χ3v) is 4.41. The van der Waals surface area contributed by atoms with Gasteiger partial charge in [0, 0.05) is 0 Å². The smallest absolute Gasteiger partial charge is 0.306 e. The maximum absolute atomic E-state index is 11.4. The van der Waals surface area contributed by atoms with Gasteiger partial charge in [-0.1, -0.05) is 84.4 Å². The van der Waals surface area contributed by atoms with Crippen LogP contribution in [-0.2, 0) is 10.4 Å². The molecule has 0 amide bonds. The molecule has 3 heteroatoms. The summed E-state index contributed by atoms with van der Waals surface area (Å²) in [4.78, 5) is 11.4. The lowest BCUT2D eigenvalue weighted by Crippen LogP contribution is -2.30. The van der Waals surface area contributed by atoms with Gasteiger partial charge >= 0.3 is 5.97 Å². The summed E-state index contributed by atoms with van der Waals surface area (Å²) < 4.78 is 0. The standard InChI is InChI=1S/C22H20O3/c1-16-7-11-19(12-8-16)22(25,15-21(23)24)20-13-9-18(10-14-20)17-5-3-2-4-6-17/h2-14,25H,15H2,1H3,(H,23,24). The van der Waals surface area contributed by atoms with Crippen molar-refractivity contribution in [3.8, 4) is 11.1 Å². The van der Waals surface area contributed by atoms with E-state index in [1.54, 1.807) is 24.3 Å². The number of benzene rings is 3. The minimum absolute atomic E-state index is 0.388. The Labute approximate surface area is 147 Å². The lowest BCUT2D eigenvalue weighted by Gasteiger charge is -2.28. The fraction of sp³-hybridized carbons (Fsp3) is 0.136. The Hall–Kier alpha value is -2.91. The minimum Gasteiger partial charge on any atom is -0.481 e. The first-order valence-corrected chi connectivity index (χ1v) is 8.16. The molecule has 25 heavy (non-hydrogen) atoms. The van der Waals surface area contributed by atoms with E-state index in [1.165, 1.54) is 0 Å². The van der Waals surface area contributed by atoms with Crippen LogP contribution in [0.3, 0.4) is 0 Å². The van der Waals surface area contributed by atoms with Gasteiger partial charge in [-0.3, -0.25) is 4.79 Å². The monoisotopic (exact) mass is 332 g/mol.